The van der Waals surface area contributed by atoms with Crippen LogP contribution in [0.3, 0.4) is 0 Å². The lowest BCUT2D eigenvalue weighted by molar-refractivity contribution is -0.157. The molecule has 0 rings (SSSR count). The first-order valence-electron chi connectivity index (χ1n) is 42.2. The van der Waals surface area contributed by atoms with Gasteiger partial charge in [-0.05, 0) is 122 Å². The van der Waals surface area contributed by atoms with Gasteiger partial charge in [-0.25, -0.2) is 4.79 Å². The second kappa shape index (κ2) is 73.7. The highest BCUT2D eigenvalue weighted by molar-refractivity contribution is 7.99. The van der Waals surface area contributed by atoms with Crippen LogP contribution in [-0.2, 0) is 47.8 Å². The molecule has 0 saturated heterocycles. The number of hydrogen-bond donors (Lipinski definition) is 13. The number of thioether (sulfide) groups is 1. The van der Waals surface area contributed by atoms with Crippen molar-refractivity contribution in [3.05, 3.63) is 0 Å². The third-order valence-corrected chi connectivity index (χ3v) is 20.9. The second-order valence-corrected chi connectivity index (χ2v) is 30.6. The number of thiol groups is 1. The number of primary amides is 1. The number of rotatable bonds is 77. The summed E-state index contributed by atoms with van der Waals surface area (Å²) in [4.78, 5) is 124. The monoisotopic (exact) mass is 1530 g/mol. The van der Waals surface area contributed by atoms with Gasteiger partial charge in [0.05, 0.1) is 0 Å². The molecule has 105 heavy (non-hydrogen) atoms. The zero-order chi connectivity index (χ0) is 77.4. The maximum absolute atomic E-state index is 14.6. The van der Waals surface area contributed by atoms with E-state index in [2.05, 4.69) is 70.6 Å². The lowest BCUT2D eigenvalue weighted by atomic mass is 10.0. The molecule has 0 saturated carbocycles. The first-order chi connectivity index (χ1) is 51.0. The molecule has 8 amide bonds. The second-order valence-electron chi connectivity index (χ2n) is 29.2. The summed E-state index contributed by atoms with van der Waals surface area (Å²) in [7, 11) is 0. The summed E-state index contributed by atoms with van der Waals surface area (Å²) in [6, 6.07) is -7.70. The maximum Gasteiger partial charge on any atom is 0.315 e. The van der Waals surface area contributed by atoms with Crippen LogP contribution in [0.25, 0.3) is 0 Å². The van der Waals surface area contributed by atoms with Gasteiger partial charge in [0, 0.05) is 36.6 Å². The number of nitrogens with two attached hydrogens (primary N) is 5. The number of urea groups is 1. The molecule has 0 aliphatic carbocycles. The van der Waals surface area contributed by atoms with E-state index in [0.717, 1.165) is 64.2 Å². The van der Waals surface area contributed by atoms with E-state index in [4.69, 9.17) is 38.1 Å². The van der Waals surface area contributed by atoms with Gasteiger partial charge in [-0.15, -0.1) is 0 Å². The zero-order valence-corrected chi connectivity index (χ0v) is 68.1. The van der Waals surface area contributed by atoms with Crippen LogP contribution >= 0.6 is 24.4 Å². The van der Waals surface area contributed by atoms with Crippen LogP contribution in [0.5, 0.6) is 0 Å². The van der Waals surface area contributed by atoms with Gasteiger partial charge >= 0.3 is 18.0 Å². The molecule has 0 aliphatic heterocycles. The van der Waals surface area contributed by atoms with Crippen molar-refractivity contribution >= 4 is 77.8 Å². The fraction of sp³-hybridized carbons (Fsp3) is 0.887. The van der Waals surface area contributed by atoms with Gasteiger partial charge in [0.2, 0.25) is 35.4 Å². The highest BCUT2D eigenvalue weighted by Crippen LogP contribution is 2.19. The molecule has 0 aliphatic rings. The van der Waals surface area contributed by atoms with Crippen LogP contribution in [0.4, 0.5) is 4.79 Å². The average Bonchev–Trinajstić information content (AvgIpc) is 0.865. The van der Waals surface area contributed by atoms with Crippen molar-refractivity contribution in [1.29, 1.82) is 0 Å². The van der Waals surface area contributed by atoms with Gasteiger partial charge in [-0.1, -0.05) is 245 Å². The predicted molar refractivity (Wildman–Crippen MR) is 435 cm³/mol. The molecule has 0 radical (unpaired) electrons. The van der Waals surface area contributed by atoms with E-state index in [1.807, 2.05) is 0 Å². The van der Waals surface area contributed by atoms with Crippen molar-refractivity contribution in [2.24, 2.45) is 28.7 Å². The zero-order valence-electron chi connectivity index (χ0n) is 66.4. The number of hydrogen-bond acceptors (Lipinski definition) is 17. The molecule has 1 unspecified atom stereocenters. The van der Waals surface area contributed by atoms with Crippen LogP contribution in [0, 0.1) is 0 Å². The normalized spacial score (nSPS) is 13.3. The van der Waals surface area contributed by atoms with E-state index in [1.165, 1.54) is 179 Å². The number of nitrogens with one attached hydrogen (secondary N) is 7. The lowest BCUT2D eigenvalue weighted by Gasteiger charge is -2.27. The van der Waals surface area contributed by atoms with E-state index in [9.17, 15) is 43.2 Å². The number of carbonyl (C=O) groups is 9. The summed E-state index contributed by atoms with van der Waals surface area (Å²) >= 11 is 5.70. The van der Waals surface area contributed by atoms with Crippen LogP contribution in [0.15, 0.2) is 0 Å². The Kier molecular flexibility index (Phi) is 70.6. The van der Waals surface area contributed by atoms with Gasteiger partial charge in [0.15, 0.2) is 0 Å². The van der Waals surface area contributed by atoms with Crippen molar-refractivity contribution in [3.63, 3.8) is 0 Å². The van der Waals surface area contributed by atoms with Crippen LogP contribution < -0.4 is 65.9 Å². The summed E-state index contributed by atoms with van der Waals surface area (Å²) in [5.74, 6) is -5.14. The molecule has 0 bridgehead atoms. The van der Waals surface area contributed by atoms with E-state index >= 15 is 0 Å². The molecule has 0 heterocycles. The number of carbonyl (C=O) groups excluding carboxylic acids is 9. The summed E-state index contributed by atoms with van der Waals surface area (Å²) in [6.45, 7) is 8.24. The summed E-state index contributed by atoms with van der Waals surface area (Å²) in [5.41, 5.74) is 28.9. The first-order valence-corrected chi connectivity index (χ1v) is 44.0. The Morgan fingerprint density at radius 1 is 0.333 bits per heavy atom. The van der Waals surface area contributed by atoms with Gasteiger partial charge < -0.3 is 75.4 Å². The largest absolute Gasteiger partial charge is 0.462 e. The number of amides is 8. The minimum absolute atomic E-state index is 0.0354. The molecule has 0 aromatic carbocycles. The number of unbranched alkanes of at least 4 members (excludes halogenated alkanes) is 39. The summed E-state index contributed by atoms with van der Waals surface area (Å²) in [6.07, 6.45) is 48.7. The Bertz CT molecular complexity index is 2180. The third kappa shape index (κ3) is 60.1. The molecule has 0 fully saturated rings. The minimum atomic E-state index is -1.33. The molecule has 0 aromatic rings. The van der Waals surface area contributed by atoms with Crippen LogP contribution in [0.1, 0.15) is 355 Å². The highest BCUT2D eigenvalue weighted by Gasteiger charge is 2.33. The molecule has 17 N–H and O–H groups in total. The molecule has 25 heteroatoms. The number of esters is 2. The molecular formula is C80H156N12O11S2. The van der Waals surface area contributed by atoms with Gasteiger partial charge in [0.25, 0.3) is 0 Å². The Morgan fingerprint density at radius 3 is 0.971 bits per heavy atom. The summed E-state index contributed by atoms with van der Waals surface area (Å²) in [5, 5.41) is 19.5. The molecule has 0 spiro atoms. The third-order valence-electron chi connectivity index (χ3n) is 19.4. The van der Waals surface area contributed by atoms with Crippen LogP contribution in [0.2, 0.25) is 0 Å². The number of ether oxygens (including phenoxy) is 2. The molecule has 0 aromatic heterocycles. The lowest BCUT2D eigenvalue weighted by Crippen LogP contribution is -2.60. The predicted octanol–water partition coefficient (Wildman–Crippen LogP) is 12.9. The maximum atomic E-state index is 14.6. The Hall–Kier alpha value is -4.43. The van der Waals surface area contributed by atoms with Gasteiger partial charge in [-0.2, -0.15) is 24.4 Å². The standard InChI is InChI=1S/C80H156N12O11S2/c1-4-7-10-13-16-19-22-25-27-30-33-36-39-54-72(93)102-61-65(103-73(94)55-40-37-34-31-28-26-23-20-17-14-11-8-5-2)63-105-64-71(92-80(101)86-60-49-38-35-32-29-24-21-18-15-12-9-6-3)79(100)91-70(62-104)78(99)90-69(53-44-48-59-84)77(98)89-68(52-43-47-58-83)76(97)88-67(51-42-46-57-82)75(96)87-66(74(85)95)50-41-45-56-81/h65-71,104H,4-64,81-84H2,1-3H3,(H2,85,95)(H,87,96)(H,88,97)(H,89,98)(H,90,99)(H,91,100)(H2,86,92,101)/t65?,66-,67-,68-,69-,70+,71-/m0/s1. The fourth-order valence-electron chi connectivity index (χ4n) is 12.7. The van der Waals surface area contributed by atoms with Crippen LogP contribution in [-0.4, -0.2) is 152 Å². The van der Waals surface area contributed by atoms with Crippen molar-refractivity contribution in [2.45, 2.75) is 397 Å². The average molecular weight is 1530 g/mol. The summed E-state index contributed by atoms with van der Waals surface area (Å²) < 4.78 is 11.8. The molecular weight excluding hydrogens is 1370 g/mol. The van der Waals surface area contributed by atoms with Crippen molar-refractivity contribution < 1.29 is 52.6 Å². The quantitative estimate of drug-likeness (QED) is 0.0153. The molecule has 7 atom stereocenters. The molecule has 614 valence electrons. The Morgan fingerprint density at radius 2 is 0.629 bits per heavy atom. The van der Waals surface area contributed by atoms with E-state index in [1.54, 1.807) is 0 Å². The van der Waals surface area contributed by atoms with Gasteiger partial charge in [-0.3, -0.25) is 38.4 Å². The van der Waals surface area contributed by atoms with Crippen molar-refractivity contribution in [2.75, 3.05) is 56.6 Å². The fourth-order valence-corrected chi connectivity index (χ4v) is 14.0. The van der Waals surface area contributed by atoms with Crippen molar-refractivity contribution in [3.8, 4) is 0 Å². The van der Waals surface area contributed by atoms with E-state index in [0.29, 0.717) is 96.9 Å². The Labute approximate surface area is 646 Å². The Balaban J connectivity index is 6.62. The first kappa shape index (κ1) is 101. The smallest absolute Gasteiger partial charge is 0.315 e. The topological polar surface area (TPSA) is 386 Å². The molecule has 23 nitrogen and oxygen atoms in total. The van der Waals surface area contributed by atoms with Crippen molar-refractivity contribution in [1.82, 2.24) is 37.2 Å². The van der Waals surface area contributed by atoms with E-state index < -0.39 is 89.8 Å². The van der Waals surface area contributed by atoms with E-state index in [-0.39, 0.29) is 68.4 Å². The minimum Gasteiger partial charge on any atom is -0.462 e. The highest BCUT2D eigenvalue weighted by atomic mass is 32.2. The van der Waals surface area contributed by atoms with Gasteiger partial charge in [0.1, 0.15) is 49.0 Å². The SMILES string of the molecule is CCCCCCCCCCCCCCCC(=O)OCC(CSC[C@H](NC(=O)NCCCCCCCCCCCCCC)C(=O)N[C@H](CS)C(=O)N[C@@H](CCCCN)C(=O)N[C@@H](CCCCN)C(=O)N[C@@H](CCCCN)C(=O)N[C@@H](CCCCN)C(N)=O)OC(=O)CCCCCCCCCCCCCCC.